The molecule has 0 aromatic carbocycles. The van der Waals surface area contributed by atoms with Crippen molar-refractivity contribution in [3.05, 3.63) is 11.6 Å². The average Bonchev–Trinajstić information content (AvgIpc) is 2.63. The number of rotatable bonds is 8. The molecule has 0 spiro atoms. The van der Waals surface area contributed by atoms with Crippen molar-refractivity contribution in [1.82, 2.24) is 15.5 Å². The van der Waals surface area contributed by atoms with E-state index in [9.17, 15) is 0 Å². The van der Waals surface area contributed by atoms with E-state index in [0.29, 0.717) is 0 Å². The SMILES string of the molecule is CCNC(=NCCN1CCCCC1CC)NCCC1=CCOCC1. The second-order valence-electron chi connectivity index (χ2n) is 6.72. The number of nitrogens with zero attached hydrogens (tertiary/aromatic N) is 2. The van der Waals surface area contributed by atoms with Crippen LogP contribution in [0, 0.1) is 0 Å². The van der Waals surface area contributed by atoms with Gasteiger partial charge in [-0.25, -0.2) is 0 Å². The summed E-state index contributed by atoms with van der Waals surface area (Å²) < 4.78 is 5.36. The lowest BCUT2D eigenvalue weighted by Gasteiger charge is -2.34. The van der Waals surface area contributed by atoms with E-state index < -0.39 is 0 Å². The van der Waals surface area contributed by atoms with E-state index >= 15 is 0 Å². The molecular weight excluding hydrogens is 300 g/mol. The third kappa shape index (κ3) is 6.81. The Balaban J connectivity index is 1.71. The topological polar surface area (TPSA) is 48.9 Å². The second kappa shape index (κ2) is 11.5. The number of guanidine groups is 1. The molecule has 24 heavy (non-hydrogen) atoms. The molecule has 5 heteroatoms. The largest absolute Gasteiger partial charge is 0.377 e. The van der Waals surface area contributed by atoms with E-state index in [1.165, 1.54) is 37.8 Å². The zero-order chi connectivity index (χ0) is 17.0. The van der Waals surface area contributed by atoms with Gasteiger partial charge < -0.3 is 15.4 Å². The standard InChI is InChI=1S/C19H36N4O/c1-3-18-7-5-6-13-23(18)14-12-22-19(20-4-2)21-11-8-17-9-15-24-16-10-17/h9,18H,3-8,10-16H2,1-2H3,(H2,20,21,22). The minimum atomic E-state index is 0.768. The molecule has 1 fully saturated rings. The van der Waals surface area contributed by atoms with Crippen LogP contribution in [0.4, 0.5) is 0 Å². The molecule has 138 valence electrons. The first kappa shape index (κ1) is 19.3. The highest BCUT2D eigenvalue weighted by atomic mass is 16.5. The average molecular weight is 337 g/mol. The second-order valence-corrected chi connectivity index (χ2v) is 6.72. The van der Waals surface area contributed by atoms with Crippen LogP contribution in [0.25, 0.3) is 0 Å². The first-order valence-electron chi connectivity index (χ1n) is 9.85. The highest BCUT2D eigenvalue weighted by Crippen LogP contribution is 2.18. The Bertz CT molecular complexity index is 408. The predicted molar refractivity (Wildman–Crippen MR) is 102 cm³/mol. The number of ether oxygens (including phenoxy) is 1. The molecule has 0 aliphatic carbocycles. The maximum Gasteiger partial charge on any atom is 0.191 e. The lowest BCUT2D eigenvalue weighted by molar-refractivity contribution is 0.148. The fourth-order valence-corrected chi connectivity index (χ4v) is 3.58. The Morgan fingerprint density at radius 1 is 1.33 bits per heavy atom. The van der Waals surface area contributed by atoms with Crippen LogP contribution in [0.1, 0.15) is 52.4 Å². The van der Waals surface area contributed by atoms with E-state index in [1.54, 1.807) is 0 Å². The molecule has 2 aliphatic heterocycles. The summed E-state index contributed by atoms with van der Waals surface area (Å²) >= 11 is 0. The van der Waals surface area contributed by atoms with E-state index in [0.717, 1.165) is 64.2 Å². The van der Waals surface area contributed by atoms with Gasteiger partial charge in [0, 0.05) is 25.7 Å². The van der Waals surface area contributed by atoms with Crippen LogP contribution in [0.5, 0.6) is 0 Å². The minimum absolute atomic E-state index is 0.768. The van der Waals surface area contributed by atoms with Crippen molar-refractivity contribution >= 4 is 5.96 Å². The number of hydrogen-bond donors (Lipinski definition) is 2. The fourth-order valence-electron chi connectivity index (χ4n) is 3.58. The van der Waals surface area contributed by atoms with Crippen LogP contribution in [0.2, 0.25) is 0 Å². The lowest BCUT2D eigenvalue weighted by Crippen LogP contribution is -2.42. The van der Waals surface area contributed by atoms with Crippen molar-refractivity contribution in [3.8, 4) is 0 Å². The monoisotopic (exact) mass is 336 g/mol. The quantitative estimate of drug-likeness (QED) is 0.406. The van der Waals surface area contributed by atoms with Gasteiger partial charge in [0.25, 0.3) is 0 Å². The summed E-state index contributed by atoms with van der Waals surface area (Å²) in [5.74, 6) is 0.954. The third-order valence-electron chi connectivity index (χ3n) is 5.02. The van der Waals surface area contributed by atoms with Gasteiger partial charge in [-0.2, -0.15) is 0 Å². The molecule has 1 saturated heterocycles. The minimum Gasteiger partial charge on any atom is -0.377 e. The van der Waals surface area contributed by atoms with Crippen molar-refractivity contribution in [3.63, 3.8) is 0 Å². The molecule has 1 unspecified atom stereocenters. The molecule has 2 aliphatic rings. The van der Waals surface area contributed by atoms with Crippen molar-refractivity contribution < 1.29 is 4.74 Å². The summed E-state index contributed by atoms with van der Waals surface area (Å²) in [6, 6.07) is 0.768. The number of likely N-dealkylation sites (tertiary alicyclic amines) is 1. The molecule has 0 saturated carbocycles. The Morgan fingerprint density at radius 2 is 2.25 bits per heavy atom. The smallest absolute Gasteiger partial charge is 0.191 e. The normalized spacial score (nSPS) is 23.0. The molecule has 0 amide bonds. The van der Waals surface area contributed by atoms with E-state index in [-0.39, 0.29) is 0 Å². The fraction of sp³-hybridized carbons (Fsp3) is 0.842. The third-order valence-corrected chi connectivity index (χ3v) is 5.02. The summed E-state index contributed by atoms with van der Waals surface area (Å²) in [7, 11) is 0. The highest BCUT2D eigenvalue weighted by molar-refractivity contribution is 5.79. The van der Waals surface area contributed by atoms with Gasteiger partial charge in [0.1, 0.15) is 0 Å². The van der Waals surface area contributed by atoms with Crippen LogP contribution >= 0.6 is 0 Å². The van der Waals surface area contributed by atoms with Crippen LogP contribution in [-0.2, 0) is 4.74 Å². The molecule has 1 atom stereocenters. The molecule has 0 bridgehead atoms. The Labute approximate surface area is 147 Å². The molecular formula is C19H36N4O. The molecule has 2 rings (SSSR count). The van der Waals surface area contributed by atoms with Crippen molar-refractivity contribution in [2.75, 3.05) is 45.9 Å². The van der Waals surface area contributed by atoms with Gasteiger partial charge in [-0.3, -0.25) is 9.89 Å². The Hall–Kier alpha value is -1.07. The van der Waals surface area contributed by atoms with Crippen LogP contribution in [0.15, 0.2) is 16.6 Å². The van der Waals surface area contributed by atoms with Gasteiger partial charge in [0.2, 0.25) is 0 Å². The van der Waals surface area contributed by atoms with Crippen LogP contribution in [0.3, 0.4) is 0 Å². The zero-order valence-corrected chi connectivity index (χ0v) is 15.6. The first-order chi connectivity index (χ1) is 11.8. The summed E-state index contributed by atoms with van der Waals surface area (Å²) in [5, 5.41) is 6.83. The molecule has 5 nitrogen and oxygen atoms in total. The maximum atomic E-state index is 5.36. The van der Waals surface area contributed by atoms with Gasteiger partial charge in [0.15, 0.2) is 5.96 Å². The number of hydrogen-bond acceptors (Lipinski definition) is 3. The van der Waals surface area contributed by atoms with E-state index in [1.807, 2.05) is 0 Å². The van der Waals surface area contributed by atoms with Gasteiger partial charge in [-0.05, 0) is 45.6 Å². The number of nitrogens with one attached hydrogen (secondary N) is 2. The van der Waals surface area contributed by atoms with Gasteiger partial charge >= 0.3 is 0 Å². The van der Waals surface area contributed by atoms with Gasteiger partial charge in [-0.1, -0.05) is 25.0 Å². The predicted octanol–water partition coefficient (Wildman–Crippen LogP) is 2.54. The maximum absolute atomic E-state index is 5.36. The number of aliphatic imine (C=N–C) groups is 1. The Morgan fingerprint density at radius 3 is 3.00 bits per heavy atom. The van der Waals surface area contributed by atoms with Gasteiger partial charge in [0.05, 0.1) is 19.8 Å². The lowest BCUT2D eigenvalue weighted by atomic mass is 10.0. The molecule has 2 N–H and O–H groups in total. The van der Waals surface area contributed by atoms with Crippen molar-refractivity contribution in [2.24, 2.45) is 4.99 Å². The van der Waals surface area contributed by atoms with Crippen LogP contribution < -0.4 is 10.6 Å². The molecule has 2 heterocycles. The molecule has 0 radical (unpaired) electrons. The van der Waals surface area contributed by atoms with E-state index in [2.05, 4.69) is 35.5 Å². The van der Waals surface area contributed by atoms with Crippen LogP contribution in [-0.4, -0.2) is 62.8 Å². The Kier molecular flexibility index (Phi) is 9.21. The highest BCUT2D eigenvalue weighted by Gasteiger charge is 2.19. The summed E-state index contributed by atoms with van der Waals surface area (Å²) in [4.78, 5) is 7.40. The van der Waals surface area contributed by atoms with Crippen molar-refractivity contribution in [2.45, 2.75) is 58.4 Å². The van der Waals surface area contributed by atoms with E-state index in [4.69, 9.17) is 9.73 Å². The van der Waals surface area contributed by atoms with Gasteiger partial charge in [-0.15, -0.1) is 0 Å². The van der Waals surface area contributed by atoms with Crippen molar-refractivity contribution in [1.29, 1.82) is 0 Å². The summed E-state index contributed by atoms with van der Waals surface area (Å²) in [6.45, 7) is 11.1. The summed E-state index contributed by atoms with van der Waals surface area (Å²) in [5.41, 5.74) is 1.50. The zero-order valence-electron chi connectivity index (χ0n) is 15.6. The summed E-state index contributed by atoms with van der Waals surface area (Å²) in [6.07, 6.45) is 9.73. The molecule has 0 aromatic rings. The number of piperidine rings is 1. The molecule has 0 aromatic heterocycles. The first-order valence-corrected chi connectivity index (χ1v) is 9.85.